The molecule has 28 heavy (non-hydrogen) atoms. The van der Waals surface area contributed by atoms with Gasteiger partial charge in [0, 0.05) is 23.9 Å². The lowest BCUT2D eigenvalue weighted by atomic mass is 9.95. The predicted octanol–water partition coefficient (Wildman–Crippen LogP) is 4.94. The summed E-state index contributed by atoms with van der Waals surface area (Å²) >= 11 is 1.45. The fraction of sp³-hybridized carbons (Fsp3) is 0.381. The lowest BCUT2D eigenvalue weighted by molar-refractivity contribution is -0.185. The maximum Gasteiger partial charge on any atom is 0.391 e. The molecule has 5 rings (SSSR count). The van der Waals surface area contributed by atoms with Gasteiger partial charge in [0.1, 0.15) is 0 Å². The number of aromatic amines is 1. The summed E-state index contributed by atoms with van der Waals surface area (Å²) in [5, 5.41) is 2.95. The van der Waals surface area contributed by atoms with Crippen molar-refractivity contribution >= 4 is 21.4 Å². The van der Waals surface area contributed by atoms with Crippen LogP contribution in [0.2, 0.25) is 0 Å². The predicted molar refractivity (Wildman–Crippen MR) is 105 cm³/mol. The number of pyridine rings is 1. The minimum absolute atomic E-state index is 0.0590. The highest BCUT2D eigenvalue weighted by Crippen LogP contribution is 2.41. The van der Waals surface area contributed by atoms with Crippen LogP contribution in [0.5, 0.6) is 0 Å². The quantitative estimate of drug-likeness (QED) is 0.514. The van der Waals surface area contributed by atoms with Gasteiger partial charge >= 0.3 is 6.18 Å². The highest BCUT2D eigenvalue weighted by Gasteiger charge is 2.41. The molecule has 1 aliphatic heterocycles. The SMILES string of the molecule is O=c1[nH]c2c(c3ccsc13)Cc1c(CN3CCC(C(F)(F)F)CC3)cccc1-2. The fourth-order valence-corrected chi connectivity index (χ4v) is 5.39. The number of nitrogens with one attached hydrogen (secondary N) is 1. The Kier molecular flexibility index (Phi) is 4.14. The van der Waals surface area contributed by atoms with Crippen LogP contribution in [0.3, 0.4) is 0 Å². The van der Waals surface area contributed by atoms with Gasteiger partial charge in [-0.3, -0.25) is 9.69 Å². The number of halogens is 3. The van der Waals surface area contributed by atoms with E-state index < -0.39 is 12.1 Å². The van der Waals surface area contributed by atoms with Gasteiger partial charge in [0.25, 0.3) is 5.56 Å². The van der Waals surface area contributed by atoms with E-state index in [0.29, 0.717) is 19.6 Å². The van der Waals surface area contributed by atoms with Crippen molar-refractivity contribution in [2.24, 2.45) is 5.92 Å². The number of likely N-dealkylation sites (tertiary alicyclic amines) is 1. The topological polar surface area (TPSA) is 36.1 Å². The van der Waals surface area contributed by atoms with Gasteiger partial charge in [-0.2, -0.15) is 13.2 Å². The lowest BCUT2D eigenvalue weighted by Gasteiger charge is -2.33. The van der Waals surface area contributed by atoms with Crippen molar-refractivity contribution in [3.63, 3.8) is 0 Å². The molecular formula is C21H19F3N2OS. The Balaban J connectivity index is 1.43. The zero-order valence-electron chi connectivity index (χ0n) is 15.1. The molecule has 1 aliphatic carbocycles. The molecule has 3 nitrogen and oxygen atoms in total. The first-order valence-electron chi connectivity index (χ1n) is 9.44. The second-order valence-corrected chi connectivity index (χ2v) is 8.60. The Labute approximate surface area is 163 Å². The molecule has 0 atom stereocenters. The van der Waals surface area contributed by atoms with Gasteiger partial charge in [-0.1, -0.05) is 18.2 Å². The van der Waals surface area contributed by atoms with E-state index in [4.69, 9.17) is 0 Å². The van der Waals surface area contributed by atoms with Crippen molar-refractivity contribution < 1.29 is 13.2 Å². The van der Waals surface area contributed by atoms with E-state index in [9.17, 15) is 18.0 Å². The standard InChI is InChI=1S/C21H19F3N2OS/c22-21(23,24)13-4-7-26(8-5-13)11-12-2-1-3-14-16(12)10-17-15-6-9-28-19(15)20(27)25-18(14)17/h1-3,6,9,13H,4-5,7-8,10-11H2,(H,25,27). The van der Waals surface area contributed by atoms with E-state index in [1.807, 2.05) is 23.6 Å². The first-order chi connectivity index (χ1) is 13.4. The van der Waals surface area contributed by atoms with Crippen molar-refractivity contribution in [1.29, 1.82) is 0 Å². The molecule has 0 spiro atoms. The Bertz CT molecular complexity index is 1110. The number of hydrogen-bond acceptors (Lipinski definition) is 3. The summed E-state index contributed by atoms with van der Waals surface area (Å²) < 4.78 is 39.5. The van der Waals surface area contributed by atoms with Crippen LogP contribution in [0.15, 0.2) is 34.4 Å². The molecule has 2 aliphatic rings. The van der Waals surface area contributed by atoms with E-state index >= 15 is 0 Å². The Morgan fingerprint density at radius 1 is 1.14 bits per heavy atom. The maximum atomic E-state index is 12.9. The maximum absolute atomic E-state index is 12.9. The zero-order valence-corrected chi connectivity index (χ0v) is 15.9. The highest BCUT2D eigenvalue weighted by atomic mass is 32.1. The average Bonchev–Trinajstić information content (AvgIpc) is 3.27. The van der Waals surface area contributed by atoms with E-state index in [1.54, 1.807) is 0 Å². The normalized spacial score (nSPS) is 17.8. The number of aromatic nitrogens is 1. The summed E-state index contributed by atoms with van der Waals surface area (Å²) in [4.78, 5) is 17.5. The number of alkyl halides is 3. The molecule has 0 bridgehead atoms. The van der Waals surface area contributed by atoms with Crippen LogP contribution in [-0.2, 0) is 13.0 Å². The van der Waals surface area contributed by atoms with Crippen LogP contribution >= 0.6 is 11.3 Å². The number of benzene rings is 1. The van der Waals surface area contributed by atoms with Crippen LogP contribution in [0.25, 0.3) is 21.3 Å². The van der Waals surface area contributed by atoms with Crippen molar-refractivity contribution in [2.45, 2.75) is 32.0 Å². The second kappa shape index (κ2) is 6.46. The third-order valence-corrected chi connectivity index (χ3v) is 6.99. The summed E-state index contributed by atoms with van der Waals surface area (Å²) in [6.07, 6.45) is -2.99. The summed E-state index contributed by atoms with van der Waals surface area (Å²) in [6, 6.07) is 8.06. The number of nitrogens with zero attached hydrogens (tertiary/aromatic N) is 1. The van der Waals surface area contributed by atoms with Crippen LogP contribution in [0.4, 0.5) is 13.2 Å². The van der Waals surface area contributed by atoms with Crippen LogP contribution < -0.4 is 5.56 Å². The fourth-order valence-electron chi connectivity index (χ4n) is 4.58. The van der Waals surface area contributed by atoms with E-state index in [2.05, 4.69) is 16.0 Å². The molecule has 1 aromatic carbocycles. The number of H-pyrrole nitrogens is 1. The first kappa shape index (κ1) is 17.9. The molecule has 0 radical (unpaired) electrons. The van der Waals surface area contributed by atoms with Crippen molar-refractivity contribution in [3.8, 4) is 11.3 Å². The van der Waals surface area contributed by atoms with Gasteiger partial charge in [-0.05, 0) is 54.1 Å². The Morgan fingerprint density at radius 3 is 2.68 bits per heavy atom. The second-order valence-electron chi connectivity index (χ2n) is 7.68. The third kappa shape index (κ3) is 2.88. The largest absolute Gasteiger partial charge is 0.391 e. The molecule has 1 N–H and O–H groups in total. The van der Waals surface area contributed by atoms with Gasteiger partial charge in [-0.15, -0.1) is 11.3 Å². The molecular weight excluding hydrogens is 385 g/mol. The summed E-state index contributed by atoms with van der Waals surface area (Å²) in [6.45, 7) is 1.58. The lowest BCUT2D eigenvalue weighted by Crippen LogP contribution is -2.38. The molecule has 146 valence electrons. The monoisotopic (exact) mass is 404 g/mol. The highest BCUT2D eigenvalue weighted by molar-refractivity contribution is 7.17. The van der Waals surface area contributed by atoms with Gasteiger partial charge in [0.15, 0.2) is 0 Å². The summed E-state index contributed by atoms with van der Waals surface area (Å²) in [7, 11) is 0. The minimum Gasteiger partial charge on any atom is -0.320 e. The molecule has 7 heteroatoms. The Morgan fingerprint density at radius 2 is 1.93 bits per heavy atom. The smallest absolute Gasteiger partial charge is 0.320 e. The van der Waals surface area contributed by atoms with Gasteiger partial charge < -0.3 is 4.98 Å². The van der Waals surface area contributed by atoms with Gasteiger partial charge in [0.2, 0.25) is 0 Å². The molecule has 0 unspecified atom stereocenters. The molecule has 0 amide bonds. The number of thiophene rings is 1. The summed E-state index contributed by atoms with van der Waals surface area (Å²) in [5.74, 6) is -1.17. The van der Waals surface area contributed by atoms with Crippen molar-refractivity contribution in [1.82, 2.24) is 9.88 Å². The van der Waals surface area contributed by atoms with Gasteiger partial charge in [0.05, 0.1) is 16.3 Å². The van der Waals surface area contributed by atoms with Crippen molar-refractivity contribution in [2.75, 3.05) is 13.1 Å². The van der Waals surface area contributed by atoms with Crippen LogP contribution in [0, 0.1) is 5.92 Å². The molecule has 3 aromatic rings. The number of piperidine rings is 1. The summed E-state index contributed by atoms with van der Waals surface area (Å²) in [5.41, 5.74) is 5.35. The molecule has 3 heterocycles. The van der Waals surface area contributed by atoms with E-state index in [0.717, 1.165) is 38.9 Å². The van der Waals surface area contributed by atoms with Crippen LogP contribution in [-0.4, -0.2) is 29.1 Å². The third-order valence-electron chi connectivity index (χ3n) is 6.08. The Hall–Kier alpha value is -2.12. The van der Waals surface area contributed by atoms with Gasteiger partial charge in [-0.25, -0.2) is 0 Å². The van der Waals surface area contributed by atoms with Crippen LogP contribution in [0.1, 0.15) is 29.5 Å². The minimum atomic E-state index is -4.08. The van der Waals surface area contributed by atoms with E-state index in [-0.39, 0.29) is 18.4 Å². The molecule has 1 fully saturated rings. The molecule has 1 saturated heterocycles. The number of rotatable bonds is 2. The molecule has 0 saturated carbocycles. The first-order valence-corrected chi connectivity index (χ1v) is 10.3. The average molecular weight is 404 g/mol. The number of fused-ring (bicyclic) bond motifs is 5. The van der Waals surface area contributed by atoms with E-state index in [1.165, 1.54) is 16.9 Å². The molecule has 2 aromatic heterocycles. The number of hydrogen-bond donors (Lipinski definition) is 1. The van der Waals surface area contributed by atoms with Crippen molar-refractivity contribution in [3.05, 3.63) is 56.7 Å². The zero-order chi connectivity index (χ0) is 19.5.